The van der Waals surface area contributed by atoms with Crippen molar-refractivity contribution in [2.75, 3.05) is 26.2 Å². The fraction of sp³-hybridized carbons (Fsp3) is 0.526. The lowest BCUT2D eigenvalue weighted by atomic mass is 10.0. The lowest BCUT2D eigenvalue weighted by molar-refractivity contribution is -0.109. The van der Waals surface area contributed by atoms with Crippen LogP contribution in [0.2, 0.25) is 0 Å². The lowest BCUT2D eigenvalue weighted by Crippen LogP contribution is -2.36. The van der Waals surface area contributed by atoms with Crippen molar-refractivity contribution in [3.05, 3.63) is 34.9 Å². The van der Waals surface area contributed by atoms with Crippen LogP contribution < -0.4 is 10.6 Å². The SMILES string of the molecule is CCCN(CC)C(=O)c1cc(C)cc(C(=O)NCCNC(C)C=O)c1. The van der Waals surface area contributed by atoms with Crippen LogP contribution in [0.25, 0.3) is 0 Å². The third-order valence-corrected chi connectivity index (χ3v) is 3.83. The van der Waals surface area contributed by atoms with Gasteiger partial charge in [-0.1, -0.05) is 6.92 Å². The van der Waals surface area contributed by atoms with Crippen LogP contribution in [0, 0.1) is 6.92 Å². The predicted octanol–water partition coefficient (Wildman–Crippen LogP) is 1.77. The zero-order chi connectivity index (χ0) is 18.8. The van der Waals surface area contributed by atoms with Crippen LogP contribution in [-0.2, 0) is 4.79 Å². The molecule has 2 N–H and O–H groups in total. The summed E-state index contributed by atoms with van der Waals surface area (Å²) in [4.78, 5) is 37.2. The Labute approximate surface area is 150 Å². The molecule has 0 saturated heterocycles. The van der Waals surface area contributed by atoms with Gasteiger partial charge in [0.1, 0.15) is 6.29 Å². The molecule has 0 bridgehead atoms. The van der Waals surface area contributed by atoms with Crippen LogP contribution in [0.1, 0.15) is 53.5 Å². The van der Waals surface area contributed by atoms with Crippen molar-refractivity contribution in [3.63, 3.8) is 0 Å². The minimum Gasteiger partial charge on any atom is -0.351 e. The van der Waals surface area contributed by atoms with Crippen molar-refractivity contribution in [1.29, 1.82) is 0 Å². The predicted molar refractivity (Wildman–Crippen MR) is 98.9 cm³/mol. The van der Waals surface area contributed by atoms with Crippen LogP contribution in [0.3, 0.4) is 0 Å². The Morgan fingerprint density at radius 2 is 1.84 bits per heavy atom. The summed E-state index contributed by atoms with van der Waals surface area (Å²) in [6.45, 7) is 9.86. The fourth-order valence-corrected chi connectivity index (χ4v) is 2.52. The third-order valence-electron chi connectivity index (χ3n) is 3.83. The average molecular weight is 347 g/mol. The summed E-state index contributed by atoms with van der Waals surface area (Å²) < 4.78 is 0. The smallest absolute Gasteiger partial charge is 0.253 e. The molecule has 0 saturated carbocycles. The molecule has 0 aliphatic carbocycles. The van der Waals surface area contributed by atoms with Crippen LogP contribution >= 0.6 is 0 Å². The van der Waals surface area contributed by atoms with E-state index in [-0.39, 0.29) is 17.9 Å². The van der Waals surface area contributed by atoms with E-state index in [1.807, 2.05) is 26.8 Å². The van der Waals surface area contributed by atoms with Gasteiger partial charge in [-0.25, -0.2) is 0 Å². The van der Waals surface area contributed by atoms with Gasteiger partial charge in [-0.05, 0) is 51.0 Å². The Morgan fingerprint density at radius 1 is 1.16 bits per heavy atom. The standard InChI is InChI=1S/C19H29N3O3/c1-5-9-22(6-2)19(25)17-11-14(3)10-16(12-17)18(24)21-8-7-20-15(4)13-23/h10-13,15,20H,5-9H2,1-4H3,(H,21,24). The zero-order valence-corrected chi connectivity index (χ0v) is 15.6. The molecular formula is C19H29N3O3. The van der Waals surface area contributed by atoms with Crippen LogP contribution in [-0.4, -0.2) is 55.2 Å². The van der Waals surface area contributed by atoms with Crippen LogP contribution in [0.4, 0.5) is 0 Å². The molecule has 0 fully saturated rings. The summed E-state index contributed by atoms with van der Waals surface area (Å²) in [6.07, 6.45) is 1.71. The molecule has 0 aromatic heterocycles. The van der Waals surface area contributed by atoms with E-state index in [1.54, 1.807) is 24.0 Å². The van der Waals surface area contributed by atoms with Crippen molar-refractivity contribution in [1.82, 2.24) is 15.5 Å². The molecule has 25 heavy (non-hydrogen) atoms. The van der Waals surface area contributed by atoms with Gasteiger partial charge in [0.05, 0.1) is 6.04 Å². The number of hydrogen-bond acceptors (Lipinski definition) is 4. The van der Waals surface area contributed by atoms with E-state index >= 15 is 0 Å². The molecule has 6 nitrogen and oxygen atoms in total. The molecule has 1 aromatic carbocycles. The minimum absolute atomic E-state index is 0.0522. The number of nitrogens with one attached hydrogen (secondary N) is 2. The topological polar surface area (TPSA) is 78.5 Å². The highest BCUT2D eigenvalue weighted by Gasteiger charge is 2.16. The van der Waals surface area contributed by atoms with Crippen LogP contribution in [0.5, 0.6) is 0 Å². The lowest BCUT2D eigenvalue weighted by Gasteiger charge is -2.20. The van der Waals surface area contributed by atoms with Gasteiger partial charge in [0.2, 0.25) is 0 Å². The highest BCUT2D eigenvalue weighted by molar-refractivity contribution is 6.00. The Morgan fingerprint density at radius 3 is 2.44 bits per heavy atom. The van der Waals surface area contributed by atoms with E-state index in [9.17, 15) is 14.4 Å². The maximum absolute atomic E-state index is 12.6. The maximum atomic E-state index is 12.6. The number of hydrogen-bond donors (Lipinski definition) is 2. The molecule has 1 rings (SSSR count). The molecule has 6 heteroatoms. The molecular weight excluding hydrogens is 318 g/mol. The number of carbonyl (C=O) groups is 3. The molecule has 1 atom stereocenters. The summed E-state index contributed by atoms with van der Waals surface area (Å²) in [5, 5.41) is 5.77. The zero-order valence-electron chi connectivity index (χ0n) is 15.6. The van der Waals surface area contributed by atoms with E-state index in [2.05, 4.69) is 10.6 Å². The molecule has 0 aliphatic heterocycles. The second-order valence-corrected chi connectivity index (χ2v) is 6.11. The third kappa shape index (κ3) is 6.66. The van der Waals surface area contributed by atoms with Gasteiger partial charge in [-0.3, -0.25) is 9.59 Å². The largest absolute Gasteiger partial charge is 0.351 e. The number of nitrogens with zero attached hydrogens (tertiary/aromatic N) is 1. The van der Waals surface area contributed by atoms with E-state index in [4.69, 9.17) is 0 Å². The van der Waals surface area contributed by atoms with Crippen molar-refractivity contribution in [2.24, 2.45) is 0 Å². The van der Waals surface area contributed by atoms with Crippen molar-refractivity contribution < 1.29 is 14.4 Å². The second kappa shape index (κ2) is 10.6. The molecule has 0 spiro atoms. The highest BCUT2D eigenvalue weighted by Crippen LogP contribution is 2.13. The molecule has 0 radical (unpaired) electrons. The molecule has 0 aliphatic rings. The van der Waals surface area contributed by atoms with Gasteiger partial charge in [0.15, 0.2) is 0 Å². The summed E-state index contributed by atoms with van der Waals surface area (Å²) in [6, 6.07) is 4.98. The summed E-state index contributed by atoms with van der Waals surface area (Å²) in [5.41, 5.74) is 1.88. The summed E-state index contributed by atoms with van der Waals surface area (Å²) in [7, 11) is 0. The quantitative estimate of drug-likeness (QED) is 0.499. The normalized spacial score (nSPS) is 11.7. The Hall–Kier alpha value is -2.21. The first kappa shape index (κ1) is 20.8. The van der Waals surface area contributed by atoms with Gasteiger partial charge in [-0.15, -0.1) is 0 Å². The molecule has 2 amide bonds. The first-order valence-corrected chi connectivity index (χ1v) is 8.80. The van der Waals surface area contributed by atoms with Crippen molar-refractivity contribution in [3.8, 4) is 0 Å². The van der Waals surface area contributed by atoms with Gasteiger partial charge in [-0.2, -0.15) is 0 Å². The molecule has 0 heterocycles. The van der Waals surface area contributed by atoms with Gasteiger partial charge in [0.25, 0.3) is 11.8 Å². The number of benzene rings is 1. The van der Waals surface area contributed by atoms with E-state index in [1.165, 1.54) is 0 Å². The first-order chi connectivity index (χ1) is 11.9. The van der Waals surface area contributed by atoms with Gasteiger partial charge >= 0.3 is 0 Å². The van der Waals surface area contributed by atoms with Crippen molar-refractivity contribution in [2.45, 2.75) is 40.2 Å². The Kier molecular flexibility index (Phi) is 8.84. The number of aryl methyl sites for hydroxylation is 1. The van der Waals surface area contributed by atoms with Gasteiger partial charge < -0.3 is 20.3 Å². The summed E-state index contributed by atoms with van der Waals surface area (Å²) in [5.74, 6) is -0.277. The van der Waals surface area contributed by atoms with Crippen LogP contribution in [0.15, 0.2) is 18.2 Å². The van der Waals surface area contributed by atoms with Crippen molar-refractivity contribution >= 4 is 18.1 Å². The molecule has 138 valence electrons. The average Bonchev–Trinajstić information content (AvgIpc) is 2.61. The highest BCUT2D eigenvalue weighted by atomic mass is 16.2. The monoisotopic (exact) mass is 347 g/mol. The summed E-state index contributed by atoms with van der Waals surface area (Å²) >= 11 is 0. The number of rotatable bonds is 10. The number of amides is 2. The Balaban J connectivity index is 2.77. The molecule has 1 unspecified atom stereocenters. The van der Waals surface area contributed by atoms with E-state index in [0.29, 0.717) is 37.3 Å². The maximum Gasteiger partial charge on any atom is 0.253 e. The molecule has 1 aromatic rings. The fourth-order valence-electron chi connectivity index (χ4n) is 2.52. The van der Waals surface area contributed by atoms with E-state index < -0.39 is 0 Å². The Bertz CT molecular complexity index is 602. The first-order valence-electron chi connectivity index (χ1n) is 8.80. The number of aldehydes is 1. The number of carbonyl (C=O) groups excluding carboxylic acids is 3. The second-order valence-electron chi connectivity index (χ2n) is 6.11. The minimum atomic E-state index is -0.237. The van der Waals surface area contributed by atoms with E-state index in [0.717, 1.165) is 18.3 Å². The van der Waals surface area contributed by atoms with Gasteiger partial charge in [0, 0.05) is 37.3 Å².